The summed E-state index contributed by atoms with van der Waals surface area (Å²) in [5.74, 6) is 0.00373. The van der Waals surface area contributed by atoms with E-state index in [1.165, 1.54) is 5.56 Å². The van der Waals surface area contributed by atoms with Crippen LogP contribution in [-0.4, -0.2) is 5.91 Å². The van der Waals surface area contributed by atoms with E-state index in [0.29, 0.717) is 17.1 Å². The second kappa shape index (κ2) is 6.95. The maximum Gasteiger partial charge on any atom is 0.224 e. The molecule has 0 aliphatic heterocycles. The summed E-state index contributed by atoms with van der Waals surface area (Å²) in [6.45, 7) is 0. The van der Waals surface area contributed by atoms with E-state index >= 15 is 0 Å². The Morgan fingerprint density at radius 2 is 1.68 bits per heavy atom. The second-order valence-corrected chi connectivity index (χ2v) is 4.77. The van der Waals surface area contributed by atoms with Crippen molar-refractivity contribution in [1.82, 2.24) is 0 Å². The predicted molar refractivity (Wildman–Crippen MR) is 79.5 cm³/mol. The minimum Gasteiger partial charge on any atom is -0.325 e. The van der Waals surface area contributed by atoms with Crippen molar-refractivity contribution in [2.24, 2.45) is 0 Å². The van der Waals surface area contributed by atoms with Crippen molar-refractivity contribution in [2.75, 3.05) is 5.32 Å². The monoisotopic (exact) mass is 273 g/mol. The molecule has 0 spiro atoms. The third kappa shape index (κ3) is 4.42. The molecule has 98 valence electrons. The molecule has 0 fully saturated rings. The molecule has 0 saturated heterocycles. The molecule has 0 unspecified atom stereocenters. The number of benzene rings is 2. The summed E-state index contributed by atoms with van der Waals surface area (Å²) in [5.41, 5.74) is 1.93. The normalized spacial score (nSPS) is 10.2. The van der Waals surface area contributed by atoms with Crippen LogP contribution in [0.3, 0.4) is 0 Å². The molecule has 0 aliphatic rings. The molecule has 2 rings (SSSR count). The zero-order valence-electron chi connectivity index (χ0n) is 10.6. The standard InChI is InChI=1S/C16H16ClNO/c17-14-10-4-5-11-15(14)18-16(19)12-6-9-13-7-2-1-3-8-13/h1-5,7-8,10-11H,6,9,12H2,(H,18,19). The SMILES string of the molecule is O=C(CCCc1ccccc1)Nc1ccccc1Cl. The summed E-state index contributed by atoms with van der Waals surface area (Å²) in [7, 11) is 0. The highest BCUT2D eigenvalue weighted by molar-refractivity contribution is 6.33. The van der Waals surface area contributed by atoms with E-state index in [4.69, 9.17) is 11.6 Å². The predicted octanol–water partition coefficient (Wildman–Crippen LogP) is 4.30. The van der Waals surface area contributed by atoms with Crippen molar-refractivity contribution in [3.05, 3.63) is 65.2 Å². The average molecular weight is 274 g/mol. The van der Waals surface area contributed by atoms with Gasteiger partial charge in [-0.25, -0.2) is 0 Å². The van der Waals surface area contributed by atoms with Crippen molar-refractivity contribution in [2.45, 2.75) is 19.3 Å². The molecule has 3 heteroatoms. The summed E-state index contributed by atoms with van der Waals surface area (Å²) in [4.78, 5) is 11.8. The maximum atomic E-state index is 11.8. The zero-order chi connectivity index (χ0) is 13.5. The first-order valence-corrected chi connectivity index (χ1v) is 6.72. The highest BCUT2D eigenvalue weighted by Crippen LogP contribution is 2.20. The van der Waals surface area contributed by atoms with Crippen molar-refractivity contribution in [3.8, 4) is 0 Å². The Morgan fingerprint density at radius 3 is 2.42 bits per heavy atom. The zero-order valence-corrected chi connectivity index (χ0v) is 11.4. The van der Waals surface area contributed by atoms with Gasteiger partial charge in [0, 0.05) is 6.42 Å². The van der Waals surface area contributed by atoms with E-state index in [1.807, 2.05) is 30.3 Å². The summed E-state index contributed by atoms with van der Waals surface area (Å²) in [6.07, 6.45) is 2.25. The Kier molecular flexibility index (Phi) is 4.99. The van der Waals surface area contributed by atoms with Gasteiger partial charge >= 0.3 is 0 Å². The molecule has 1 N–H and O–H groups in total. The minimum absolute atomic E-state index is 0.00373. The fourth-order valence-electron chi connectivity index (χ4n) is 1.87. The van der Waals surface area contributed by atoms with Crippen LogP contribution in [0.5, 0.6) is 0 Å². The fraction of sp³-hybridized carbons (Fsp3) is 0.188. The minimum atomic E-state index is 0.00373. The van der Waals surface area contributed by atoms with Gasteiger partial charge in [0.05, 0.1) is 10.7 Å². The first-order valence-electron chi connectivity index (χ1n) is 6.34. The van der Waals surface area contributed by atoms with Crippen LogP contribution in [0.2, 0.25) is 5.02 Å². The van der Waals surface area contributed by atoms with Gasteiger partial charge in [0.1, 0.15) is 0 Å². The molecule has 0 bridgehead atoms. The topological polar surface area (TPSA) is 29.1 Å². The van der Waals surface area contributed by atoms with Crippen molar-refractivity contribution in [3.63, 3.8) is 0 Å². The van der Waals surface area contributed by atoms with Crippen LogP contribution in [0.25, 0.3) is 0 Å². The summed E-state index contributed by atoms with van der Waals surface area (Å²) >= 11 is 5.98. The summed E-state index contributed by atoms with van der Waals surface area (Å²) < 4.78 is 0. The van der Waals surface area contributed by atoms with Gasteiger partial charge in [0.25, 0.3) is 0 Å². The molecule has 2 aromatic carbocycles. The molecule has 0 heterocycles. The number of rotatable bonds is 5. The Morgan fingerprint density at radius 1 is 1.00 bits per heavy atom. The van der Waals surface area contributed by atoms with Gasteiger partial charge in [-0.3, -0.25) is 4.79 Å². The van der Waals surface area contributed by atoms with Gasteiger partial charge in [-0.1, -0.05) is 54.1 Å². The third-order valence-corrected chi connectivity index (χ3v) is 3.19. The Hall–Kier alpha value is -1.80. The first kappa shape index (κ1) is 13.6. The number of amides is 1. The van der Waals surface area contributed by atoms with E-state index in [-0.39, 0.29) is 5.91 Å². The lowest BCUT2D eigenvalue weighted by molar-refractivity contribution is -0.116. The van der Waals surface area contributed by atoms with Gasteiger partial charge < -0.3 is 5.32 Å². The Bertz CT molecular complexity index is 539. The Balaban J connectivity index is 1.78. The van der Waals surface area contributed by atoms with E-state index in [0.717, 1.165) is 12.8 Å². The van der Waals surface area contributed by atoms with Gasteiger partial charge in [-0.2, -0.15) is 0 Å². The highest BCUT2D eigenvalue weighted by Gasteiger charge is 2.05. The van der Waals surface area contributed by atoms with Gasteiger partial charge in [0.2, 0.25) is 5.91 Å². The smallest absolute Gasteiger partial charge is 0.224 e. The van der Waals surface area contributed by atoms with E-state index in [9.17, 15) is 4.79 Å². The molecule has 2 nitrogen and oxygen atoms in total. The first-order chi connectivity index (χ1) is 9.25. The van der Waals surface area contributed by atoms with Crippen LogP contribution in [0.4, 0.5) is 5.69 Å². The molecular formula is C16H16ClNO. The summed E-state index contributed by atoms with van der Waals surface area (Å²) in [6, 6.07) is 17.4. The number of carbonyl (C=O) groups is 1. The van der Waals surface area contributed by atoms with Crippen molar-refractivity contribution in [1.29, 1.82) is 0 Å². The molecule has 0 saturated carbocycles. The number of hydrogen-bond donors (Lipinski definition) is 1. The lowest BCUT2D eigenvalue weighted by Crippen LogP contribution is -2.11. The van der Waals surface area contributed by atoms with Crippen LogP contribution in [0.1, 0.15) is 18.4 Å². The quantitative estimate of drug-likeness (QED) is 0.864. The Labute approximate surface area is 118 Å². The molecule has 0 radical (unpaired) electrons. The van der Waals surface area contributed by atoms with Gasteiger partial charge in [-0.05, 0) is 30.5 Å². The third-order valence-electron chi connectivity index (χ3n) is 2.86. The fourth-order valence-corrected chi connectivity index (χ4v) is 2.06. The average Bonchev–Trinajstić information content (AvgIpc) is 2.43. The number of hydrogen-bond acceptors (Lipinski definition) is 1. The van der Waals surface area contributed by atoms with E-state index in [2.05, 4.69) is 17.4 Å². The maximum absolute atomic E-state index is 11.8. The number of nitrogens with one attached hydrogen (secondary N) is 1. The van der Waals surface area contributed by atoms with Crippen LogP contribution in [0, 0.1) is 0 Å². The van der Waals surface area contributed by atoms with Gasteiger partial charge in [0.15, 0.2) is 0 Å². The van der Waals surface area contributed by atoms with Gasteiger partial charge in [-0.15, -0.1) is 0 Å². The van der Waals surface area contributed by atoms with E-state index < -0.39 is 0 Å². The number of halogens is 1. The van der Waals surface area contributed by atoms with Crippen LogP contribution in [0.15, 0.2) is 54.6 Å². The molecule has 0 atom stereocenters. The number of para-hydroxylation sites is 1. The van der Waals surface area contributed by atoms with Crippen molar-refractivity contribution >= 4 is 23.2 Å². The molecule has 2 aromatic rings. The molecular weight excluding hydrogens is 258 g/mol. The molecule has 1 amide bonds. The van der Waals surface area contributed by atoms with E-state index in [1.54, 1.807) is 12.1 Å². The summed E-state index contributed by atoms with van der Waals surface area (Å²) in [5, 5.41) is 3.39. The molecule has 0 aliphatic carbocycles. The molecule has 0 aromatic heterocycles. The number of aryl methyl sites for hydroxylation is 1. The van der Waals surface area contributed by atoms with Crippen molar-refractivity contribution < 1.29 is 4.79 Å². The number of carbonyl (C=O) groups excluding carboxylic acids is 1. The largest absolute Gasteiger partial charge is 0.325 e. The second-order valence-electron chi connectivity index (χ2n) is 4.37. The lowest BCUT2D eigenvalue weighted by Gasteiger charge is -2.06. The van der Waals surface area contributed by atoms with Crippen LogP contribution in [-0.2, 0) is 11.2 Å². The lowest BCUT2D eigenvalue weighted by atomic mass is 10.1. The van der Waals surface area contributed by atoms with Crippen LogP contribution >= 0.6 is 11.6 Å². The van der Waals surface area contributed by atoms with Crippen LogP contribution < -0.4 is 5.32 Å². The highest BCUT2D eigenvalue weighted by atomic mass is 35.5. The number of anilines is 1. The molecule has 19 heavy (non-hydrogen) atoms.